The average Bonchev–Trinajstić information content (AvgIpc) is 3.11. The van der Waals surface area contributed by atoms with Gasteiger partial charge in [0.25, 0.3) is 5.91 Å². The molecule has 8 heteroatoms. The van der Waals surface area contributed by atoms with Crippen molar-refractivity contribution >= 4 is 34.9 Å². The van der Waals surface area contributed by atoms with E-state index in [1.165, 1.54) is 5.56 Å². The second-order valence-electron chi connectivity index (χ2n) is 7.58. The van der Waals surface area contributed by atoms with Crippen LogP contribution < -0.4 is 11.1 Å². The molecule has 0 unspecified atom stereocenters. The molecule has 6 nitrogen and oxygen atoms in total. The fourth-order valence-electron chi connectivity index (χ4n) is 4.13. The van der Waals surface area contributed by atoms with Crippen LogP contribution in [-0.2, 0) is 17.6 Å². The molecule has 3 N–H and O–H groups in total. The Morgan fingerprint density at radius 3 is 2.66 bits per heavy atom. The zero-order chi connectivity index (χ0) is 22.8. The van der Waals surface area contributed by atoms with Crippen molar-refractivity contribution in [3.05, 3.63) is 75.0 Å². The molecule has 0 saturated heterocycles. The predicted octanol–water partition coefficient (Wildman–Crippen LogP) is 5.23. The van der Waals surface area contributed by atoms with Crippen molar-refractivity contribution < 1.29 is 9.53 Å². The van der Waals surface area contributed by atoms with E-state index < -0.39 is 5.91 Å². The van der Waals surface area contributed by atoms with Gasteiger partial charge in [-0.1, -0.05) is 54.4 Å². The molecular weight excluding hydrogens is 447 g/mol. The van der Waals surface area contributed by atoms with E-state index in [9.17, 15) is 4.79 Å². The minimum atomic E-state index is -0.673. The molecule has 32 heavy (non-hydrogen) atoms. The van der Waals surface area contributed by atoms with E-state index in [1.54, 1.807) is 18.2 Å². The smallest absolute Gasteiger partial charge is 0.271 e. The summed E-state index contributed by atoms with van der Waals surface area (Å²) in [6.45, 7) is 4.52. The molecule has 0 saturated carbocycles. The number of carbonyl (C=O) groups is 1. The molecule has 0 bridgehead atoms. The van der Waals surface area contributed by atoms with Crippen molar-refractivity contribution in [2.75, 3.05) is 11.9 Å². The molecule has 2 aromatic carbocycles. The van der Waals surface area contributed by atoms with Crippen LogP contribution in [0.4, 0.5) is 5.82 Å². The van der Waals surface area contributed by atoms with Crippen molar-refractivity contribution in [1.82, 2.24) is 9.97 Å². The van der Waals surface area contributed by atoms with Gasteiger partial charge < -0.3 is 15.8 Å². The summed E-state index contributed by atoms with van der Waals surface area (Å²) in [4.78, 5) is 21.7. The lowest BCUT2D eigenvalue weighted by molar-refractivity contribution is 0.0573. The van der Waals surface area contributed by atoms with Gasteiger partial charge in [-0.25, -0.2) is 9.97 Å². The topological polar surface area (TPSA) is 90.1 Å². The highest BCUT2D eigenvalue weighted by molar-refractivity contribution is 6.36. The van der Waals surface area contributed by atoms with Crippen molar-refractivity contribution in [2.24, 2.45) is 5.73 Å². The van der Waals surface area contributed by atoms with Gasteiger partial charge in [0, 0.05) is 23.6 Å². The van der Waals surface area contributed by atoms with Gasteiger partial charge in [0.2, 0.25) is 0 Å². The highest BCUT2D eigenvalue weighted by atomic mass is 35.5. The lowest BCUT2D eigenvalue weighted by atomic mass is 10.1. The van der Waals surface area contributed by atoms with Crippen LogP contribution in [0.2, 0.25) is 10.0 Å². The molecule has 0 spiro atoms. The Hall–Kier alpha value is -2.67. The number of anilines is 1. The third-order valence-corrected chi connectivity index (χ3v) is 6.13. The average molecular weight is 471 g/mol. The predicted molar refractivity (Wildman–Crippen MR) is 127 cm³/mol. The fourth-order valence-corrected chi connectivity index (χ4v) is 4.63. The number of benzene rings is 2. The number of rotatable bonds is 7. The number of halogens is 2. The number of fused-ring (bicyclic) bond motifs is 1. The number of aryl methyl sites for hydroxylation is 1. The summed E-state index contributed by atoms with van der Waals surface area (Å²) in [7, 11) is 0. The quantitative estimate of drug-likeness (QED) is 0.493. The molecule has 1 aliphatic rings. The maximum Gasteiger partial charge on any atom is 0.271 e. The molecule has 166 valence electrons. The molecule has 4 rings (SSSR count). The highest BCUT2D eigenvalue weighted by Crippen LogP contribution is 2.37. The number of carbonyl (C=O) groups excluding carboxylic acids is 1. The highest BCUT2D eigenvalue weighted by Gasteiger charge is 2.34. The first-order valence-corrected chi connectivity index (χ1v) is 11.3. The lowest BCUT2D eigenvalue weighted by Gasteiger charge is -2.24. The fraction of sp³-hybridized carbons (Fsp3) is 0.292. The second-order valence-corrected chi connectivity index (χ2v) is 8.42. The maximum absolute atomic E-state index is 12.4. The first-order chi connectivity index (χ1) is 15.4. The van der Waals surface area contributed by atoms with E-state index in [0.29, 0.717) is 45.8 Å². The van der Waals surface area contributed by atoms with Gasteiger partial charge in [-0.3, -0.25) is 4.79 Å². The molecule has 0 aliphatic heterocycles. The van der Waals surface area contributed by atoms with Crippen molar-refractivity contribution in [2.45, 2.75) is 38.8 Å². The van der Waals surface area contributed by atoms with Crippen LogP contribution in [0.1, 0.15) is 47.2 Å². The van der Waals surface area contributed by atoms with Crippen LogP contribution in [-0.4, -0.2) is 28.6 Å². The summed E-state index contributed by atoms with van der Waals surface area (Å²) in [6.07, 6.45) is 1.28. The van der Waals surface area contributed by atoms with Crippen molar-refractivity contribution in [3.8, 4) is 11.3 Å². The zero-order valence-electron chi connectivity index (χ0n) is 17.9. The first kappa shape index (κ1) is 22.5. The Bertz CT molecular complexity index is 1170. The molecule has 0 radical (unpaired) electrons. The Balaban J connectivity index is 1.80. The third-order valence-electron chi connectivity index (χ3n) is 5.58. The normalized spacial score (nSPS) is 17.2. The van der Waals surface area contributed by atoms with E-state index in [-0.39, 0.29) is 17.8 Å². The van der Waals surface area contributed by atoms with E-state index in [4.69, 9.17) is 38.7 Å². The number of nitrogens with two attached hydrogens (primary N) is 1. The monoisotopic (exact) mass is 470 g/mol. The van der Waals surface area contributed by atoms with Crippen LogP contribution in [0, 0.1) is 0 Å². The number of nitrogens with zero attached hydrogens (tertiary/aromatic N) is 2. The molecule has 0 fully saturated rings. The van der Waals surface area contributed by atoms with E-state index in [0.717, 1.165) is 12.0 Å². The summed E-state index contributed by atoms with van der Waals surface area (Å²) < 4.78 is 5.99. The zero-order valence-corrected chi connectivity index (χ0v) is 19.4. The standard InChI is InChI=1S/C24H24Cl2N4O2/c1-3-18-20(16-10-9-14(25)12-17(16)26)29-22(23(27)31)24(28-18)30-21-15-8-6-5-7-13(15)11-19(21)32-4-2/h5-10,12,19,21H,3-4,11H2,1-2H3,(H2,27,31)(H,28,30)/t19-,21+/m0/s1. The van der Waals surface area contributed by atoms with Crippen LogP contribution in [0.3, 0.4) is 0 Å². The Morgan fingerprint density at radius 1 is 1.19 bits per heavy atom. The van der Waals surface area contributed by atoms with Gasteiger partial charge in [0.05, 0.1) is 28.6 Å². The summed E-state index contributed by atoms with van der Waals surface area (Å²) in [6, 6.07) is 13.1. The Morgan fingerprint density at radius 2 is 1.97 bits per heavy atom. The van der Waals surface area contributed by atoms with Gasteiger partial charge in [-0.15, -0.1) is 0 Å². The summed E-state index contributed by atoms with van der Waals surface area (Å²) in [5.41, 5.74) is 9.95. The van der Waals surface area contributed by atoms with Crippen molar-refractivity contribution in [1.29, 1.82) is 0 Å². The second kappa shape index (κ2) is 9.45. The molecule has 2 atom stereocenters. The van der Waals surface area contributed by atoms with E-state index in [2.05, 4.69) is 22.4 Å². The number of hydrogen-bond donors (Lipinski definition) is 2. The molecule has 1 aliphatic carbocycles. The van der Waals surface area contributed by atoms with E-state index in [1.807, 2.05) is 26.0 Å². The number of aromatic nitrogens is 2. The minimum absolute atomic E-state index is 0.0582. The Kier molecular flexibility index (Phi) is 6.65. The van der Waals surface area contributed by atoms with Gasteiger partial charge in [0.1, 0.15) is 0 Å². The maximum atomic E-state index is 12.4. The molecule has 3 aromatic rings. The number of primary amides is 1. The SMILES string of the molecule is CCO[C@H]1Cc2ccccc2[C@H]1Nc1nc(CC)c(-c2ccc(Cl)cc2Cl)nc1C(N)=O. The van der Waals surface area contributed by atoms with Crippen LogP contribution in [0.15, 0.2) is 42.5 Å². The van der Waals surface area contributed by atoms with Crippen molar-refractivity contribution in [3.63, 3.8) is 0 Å². The molecule has 1 amide bonds. The van der Waals surface area contributed by atoms with Crippen LogP contribution >= 0.6 is 23.2 Å². The number of amides is 1. The van der Waals surface area contributed by atoms with Crippen LogP contribution in [0.5, 0.6) is 0 Å². The Labute approximate surface area is 197 Å². The van der Waals surface area contributed by atoms with Gasteiger partial charge in [-0.05, 0) is 42.7 Å². The molecule has 1 heterocycles. The van der Waals surface area contributed by atoms with E-state index >= 15 is 0 Å². The van der Waals surface area contributed by atoms with Gasteiger partial charge in [0.15, 0.2) is 11.5 Å². The number of hydrogen-bond acceptors (Lipinski definition) is 5. The van der Waals surface area contributed by atoms with Crippen LogP contribution in [0.25, 0.3) is 11.3 Å². The molecular formula is C24H24Cl2N4O2. The first-order valence-electron chi connectivity index (χ1n) is 10.5. The minimum Gasteiger partial charge on any atom is -0.376 e. The van der Waals surface area contributed by atoms with Gasteiger partial charge in [-0.2, -0.15) is 0 Å². The molecule has 1 aromatic heterocycles. The largest absolute Gasteiger partial charge is 0.376 e. The summed E-state index contributed by atoms with van der Waals surface area (Å²) in [5, 5.41) is 4.35. The number of ether oxygens (including phenoxy) is 1. The third kappa shape index (κ3) is 4.31. The van der Waals surface area contributed by atoms with Gasteiger partial charge >= 0.3 is 0 Å². The summed E-state index contributed by atoms with van der Waals surface area (Å²) >= 11 is 12.5. The summed E-state index contributed by atoms with van der Waals surface area (Å²) in [5.74, 6) is -0.331. The number of nitrogens with one attached hydrogen (secondary N) is 1. The lowest BCUT2D eigenvalue weighted by Crippen LogP contribution is -2.27.